The van der Waals surface area contributed by atoms with Gasteiger partial charge in [-0.3, -0.25) is 4.79 Å². The monoisotopic (exact) mass is 235 g/mol. The van der Waals surface area contributed by atoms with Crippen LogP contribution in [0.15, 0.2) is 18.2 Å². The molecule has 92 valence electrons. The zero-order valence-corrected chi connectivity index (χ0v) is 9.90. The summed E-state index contributed by atoms with van der Waals surface area (Å²) in [6.07, 6.45) is 1.96. The van der Waals surface area contributed by atoms with Crippen molar-refractivity contribution in [2.45, 2.75) is 26.4 Å². The predicted octanol–water partition coefficient (Wildman–Crippen LogP) is 1.93. The zero-order chi connectivity index (χ0) is 12.3. The molecular weight excluding hydrogens is 218 g/mol. The van der Waals surface area contributed by atoms with E-state index in [0.717, 1.165) is 18.5 Å². The van der Waals surface area contributed by atoms with E-state index >= 15 is 0 Å². The highest BCUT2D eigenvalue weighted by atomic mass is 16.5. The summed E-state index contributed by atoms with van der Waals surface area (Å²) in [5, 5.41) is 12.1. The van der Waals surface area contributed by atoms with E-state index in [1.165, 1.54) is 0 Å². The molecule has 1 aromatic carbocycles. The normalized spacial score (nSPS) is 14.5. The van der Waals surface area contributed by atoms with Crippen LogP contribution < -0.4 is 10.1 Å². The lowest BCUT2D eigenvalue weighted by atomic mass is 10.2. The Kier molecular flexibility index (Phi) is 3.64. The number of carbonyl (C=O) groups is 1. The molecule has 0 saturated heterocycles. The second-order valence-corrected chi connectivity index (χ2v) is 4.18. The molecule has 1 aliphatic rings. The lowest BCUT2D eigenvalue weighted by molar-refractivity contribution is -0.117. The van der Waals surface area contributed by atoms with Crippen LogP contribution in [0.25, 0.3) is 0 Å². The van der Waals surface area contributed by atoms with Gasteiger partial charge in [0, 0.05) is 17.2 Å². The van der Waals surface area contributed by atoms with Gasteiger partial charge in [-0.2, -0.15) is 0 Å². The number of rotatable bonds is 5. The van der Waals surface area contributed by atoms with Gasteiger partial charge in [0.2, 0.25) is 5.91 Å². The molecule has 0 unspecified atom stereocenters. The van der Waals surface area contributed by atoms with Crippen molar-refractivity contribution in [2.24, 2.45) is 5.92 Å². The first-order chi connectivity index (χ1) is 8.24. The van der Waals surface area contributed by atoms with E-state index in [4.69, 9.17) is 4.74 Å². The Morgan fingerprint density at radius 1 is 1.53 bits per heavy atom. The van der Waals surface area contributed by atoms with Crippen LogP contribution in [0, 0.1) is 5.92 Å². The third-order valence-electron chi connectivity index (χ3n) is 2.75. The molecular formula is C13H17NO3. The van der Waals surface area contributed by atoms with Gasteiger partial charge in [-0.05, 0) is 38.0 Å². The average Bonchev–Trinajstić information content (AvgIpc) is 3.15. The molecule has 1 amide bonds. The second kappa shape index (κ2) is 5.19. The molecule has 2 rings (SSSR count). The summed E-state index contributed by atoms with van der Waals surface area (Å²) >= 11 is 0. The van der Waals surface area contributed by atoms with Crippen molar-refractivity contribution in [3.05, 3.63) is 23.8 Å². The Morgan fingerprint density at radius 3 is 2.88 bits per heavy atom. The smallest absolute Gasteiger partial charge is 0.227 e. The van der Waals surface area contributed by atoms with E-state index < -0.39 is 0 Å². The topological polar surface area (TPSA) is 58.6 Å². The number of aliphatic hydroxyl groups is 1. The van der Waals surface area contributed by atoms with Gasteiger partial charge in [-0.25, -0.2) is 0 Å². The van der Waals surface area contributed by atoms with Crippen molar-refractivity contribution in [3.63, 3.8) is 0 Å². The molecule has 4 nitrogen and oxygen atoms in total. The van der Waals surface area contributed by atoms with Crippen molar-refractivity contribution in [2.75, 3.05) is 11.9 Å². The minimum Gasteiger partial charge on any atom is -0.494 e. The molecule has 1 aliphatic carbocycles. The van der Waals surface area contributed by atoms with Crippen molar-refractivity contribution < 1.29 is 14.6 Å². The van der Waals surface area contributed by atoms with E-state index in [-0.39, 0.29) is 18.4 Å². The van der Waals surface area contributed by atoms with Crippen molar-refractivity contribution in [1.82, 2.24) is 0 Å². The van der Waals surface area contributed by atoms with Crippen molar-refractivity contribution in [1.29, 1.82) is 0 Å². The summed E-state index contributed by atoms with van der Waals surface area (Å²) in [6.45, 7) is 2.35. The van der Waals surface area contributed by atoms with Crippen LogP contribution in [0.5, 0.6) is 5.75 Å². The highest BCUT2D eigenvalue weighted by molar-refractivity contribution is 5.94. The Morgan fingerprint density at radius 2 is 2.29 bits per heavy atom. The lowest BCUT2D eigenvalue weighted by Crippen LogP contribution is -2.13. The molecule has 0 heterocycles. The maximum atomic E-state index is 11.6. The predicted molar refractivity (Wildman–Crippen MR) is 64.9 cm³/mol. The van der Waals surface area contributed by atoms with Gasteiger partial charge in [0.05, 0.1) is 13.2 Å². The standard InChI is InChI=1S/C13H17NO3/c1-2-17-12-6-5-11(7-10(12)8-15)14-13(16)9-3-4-9/h5-7,9,15H,2-4,8H2,1H3,(H,14,16). The summed E-state index contributed by atoms with van der Waals surface area (Å²) < 4.78 is 5.37. The van der Waals surface area contributed by atoms with Crippen LogP contribution in [0.4, 0.5) is 5.69 Å². The number of benzene rings is 1. The highest BCUT2D eigenvalue weighted by Gasteiger charge is 2.29. The third kappa shape index (κ3) is 2.97. The van der Waals surface area contributed by atoms with Gasteiger partial charge in [-0.15, -0.1) is 0 Å². The molecule has 1 fully saturated rings. The first-order valence-corrected chi connectivity index (χ1v) is 5.92. The molecule has 0 spiro atoms. The molecule has 0 aliphatic heterocycles. The number of hydrogen-bond acceptors (Lipinski definition) is 3. The van der Waals surface area contributed by atoms with Crippen molar-refractivity contribution >= 4 is 11.6 Å². The van der Waals surface area contributed by atoms with Crippen molar-refractivity contribution in [3.8, 4) is 5.75 Å². The van der Waals surface area contributed by atoms with E-state index in [2.05, 4.69) is 5.32 Å². The van der Waals surface area contributed by atoms with Gasteiger partial charge in [0.25, 0.3) is 0 Å². The molecule has 4 heteroatoms. The molecule has 17 heavy (non-hydrogen) atoms. The number of carbonyl (C=O) groups excluding carboxylic acids is 1. The minimum absolute atomic E-state index is 0.0676. The largest absolute Gasteiger partial charge is 0.494 e. The van der Waals surface area contributed by atoms with E-state index in [1.54, 1.807) is 18.2 Å². The SMILES string of the molecule is CCOc1ccc(NC(=O)C2CC2)cc1CO. The van der Waals surface area contributed by atoms with Crippen LogP contribution in [0.3, 0.4) is 0 Å². The highest BCUT2D eigenvalue weighted by Crippen LogP contribution is 2.31. The first kappa shape index (κ1) is 11.9. The van der Waals surface area contributed by atoms with Gasteiger partial charge < -0.3 is 15.2 Å². The van der Waals surface area contributed by atoms with Crippen LogP contribution in [0.2, 0.25) is 0 Å². The Balaban J connectivity index is 2.09. The number of aliphatic hydroxyl groups excluding tert-OH is 1. The fourth-order valence-corrected chi connectivity index (χ4v) is 1.67. The summed E-state index contributed by atoms with van der Waals surface area (Å²) in [4.78, 5) is 11.6. The molecule has 0 aromatic heterocycles. The second-order valence-electron chi connectivity index (χ2n) is 4.18. The lowest BCUT2D eigenvalue weighted by Gasteiger charge is -2.11. The maximum absolute atomic E-state index is 11.6. The minimum atomic E-state index is -0.0948. The summed E-state index contributed by atoms with van der Waals surface area (Å²) in [6, 6.07) is 5.33. The van der Waals surface area contributed by atoms with Gasteiger partial charge >= 0.3 is 0 Å². The molecule has 0 radical (unpaired) electrons. The van der Waals surface area contributed by atoms with Crippen LogP contribution in [-0.4, -0.2) is 17.6 Å². The Hall–Kier alpha value is -1.55. The van der Waals surface area contributed by atoms with E-state index in [9.17, 15) is 9.90 Å². The van der Waals surface area contributed by atoms with Crippen LogP contribution >= 0.6 is 0 Å². The third-order valence-corrected chi connectivity index (χ3v) is 2.75. The Labute approximate surface area is 101 Å². The van der Waals surface area contributed by atoms with Gasteiger partial charge in [0.15, 0.2) is 0 Å². The summed E-state index contributed by atoms with van der Waals surface area (Å²) in [5.41, 5.74) is 1.41. The zero-order valence-electron chi connectivity index (χ0n) is 9.90. The fraction of sp³-hybridized carbons (Fsp3) is 0.462. The Bertz CT molecular complexity index is 413. The molecule has 1 aromatic rings. The number of anilines is 1. The number of amides is 1. The van der Waals surface area contributed by atoms with Crippen LogP contribution in [-0.2, 0) is 11.4 Å². The summed E-state index contributed by atoms with van der Waals surface area (Å²) in [7, 11) is 0. The molecule has 2 N–H and O–H groups in total. The summed E-state index contributed by atoms with van der Waals surface area (Å²) in [5.74, 6) is 0.914. The maximum Gasteiger partial charge on any atom is 0.227 e. The van der Waals surface area contributed by atoms with E-state index in [1.807, 2.05) is 6.92 Å². The fourth-order valence-electron chi connectivity index (χ4n) is 1.67. The molecule has 0 bridgehead atoms. The number of nitrogens with one attached hydrogen (secondary N) is 1. The molecule has 0 atom stereocenters. The quantitative estimate of drug-likeness (QED) is 0.819. The van der Waals surface area contributed by atoms with E-state index in [0.29, 0.717) is 17.9 Å². The number of ether oxygens (including phenoxy) is 1. The van der Waals surface area contributed by atoms with Crippen LogP contribution in [0.1, 0.15) is 25.3 Å². The molecule has 1 saturated carbocycles. The van der Waals surface area contributed by atoms with Gasteiger partial charge in [0.1, 0.15) is 5.75 Å². The number of hydrogen-bond donors (Lipinski definition) is 2. The first-order valence-electron chi connectivity index (χ1n) is 5.92. The average molecular weight is 235 g/mol. The van der Waals surface area contributed by atoms with Gasteiger partial charge in [-0.1, -0.05) is 0 Å².